The minimum absolute atomic E-state index is 0.381. The number of fused-ring (bicyclic) bond motifs is 1. The van der Waals surface area contributed by atoms with Crippen LogP contribution in [0.2, 0.25) is 0 Å². The Morgan fingerprint density at radius 3 is 2.76 bits per heavy atom. The van der Waals surface area contributed by atoms with Gasteiger partial charge >= 0.3 is 5.63 Å². The number of hydrogen-bond acceptors (Lipinski definition) is 8. The molecule has 0 spiro atoms. The number of hydrazone groups is 1. The number of aromatic nitrogens is 1. The Hall–Kier alpha value is -3.65. The van der Waals surface area contributed by atoms with Crippen LogP contribution in [0.15, 0.2) is 68.2 Å². The third-order valence-electron chi connectivity index (χ3n) is 4.19. The van der Waals surface area contributed by atoms with Crippen molar-refractivity contribution in [3.05, 3.63) is 69.9 Å². The van der Waals surface area contributed by atoms with E-state index in [1.807, 2.05) is 30.3 Å². The van der Waals surface area contributed by atoms with Crippen molar-refractivity contribution >= 4 is 33.7 Å². The fourth-order valence-electron chi connectivity index (χ4n) is 2.74. The Kier molecular flexibility index (Phi) is 5.26. The van der Waals surface area contributed by atoms with Crippen molar-refractivity contribution in [2.45, 2.75) is 0 Å². The fourth-order valence-corrected chi connectivity index (χ4v) is 3.40. The van der Waals surface area contributed by atoms with Crippen LogP contribution in [0.4, 0.5) is 5.13 Å². The van der Waals surface area contributed by atoms with E-state index >= 15 is 0 Å². The van der Waals surface area contributed by atoms with Gasteiger partial charge in [-0.15, -0.1) is 11.3 Å². The molecule has 0 amide bonds. The maximum Gasteiger partial charge on any atom is 0.345 e. The molecule has 0 saturated heterocycles. The molecule has 0 aliphatic rings. The summed E-state index contributed by atoms with van der Waals surface area (Å²) in [6, 6.07) is 14.5. The minimum atomic E-state index is -0.445. The van der Waals surface area contributed by atoms with Crippen LogP contribution < -0.4 is 20.5 Å². The van der Waals surface area contributed by atoms with E-state index in [0.717, 1.165) is 16.7 Å². The van der Waals surface area contributed by atoms with Crippen molar-refractivity contribution in [2.24, 2.45) is 5.10 Å². The third kappa shape index (κ3) is 4.12. The summed E-state index contributed by atoms with van der Waals surface area (Å²) in [7, 11) is 3.21. The van der Waals surface area contributed by atoms with Gasteiger partial charge in [0.2, 0.25) is 5.13 Å². The van der Waals surface area contributed by atoms with E-state index in [2.05, 4.69) is 15.5 Å². The molecule has 0 aliphatic carbocycles. The van der Waals surface area contributed by atoms with Gasteiger partial charge in [0.05, 0.1) is 31.7 Å². The number of nitrogens with one attached hydrogen (secondary N) is 1. The van der Waals surface area contributed by atoms with Gasteiger partial charge in [0, 0.05) is 10.8 Å². The van der Waals surface area contributed by atoms with Crippen LogP contribution in [0.25, 0.3) is 22.2 Å². The Balaban J connectivity index is 1.56. The number of nitrogens with zero attached hydrogens (tertiary/aromatic N) is 2. The predicted octanol–water partition coefficient (Wildman–Crippen LogP) is 4.38. The molecule has 0 fully saturated rings. The van der Waals surface area contributed by atoms with Crippen LogP contribution in [0.3, 0.4) is 0 Å². The summed E-state index contributed by atoms with van der Waals surface area (Å²) in [6.07, 6.45) is 1.67. The van der Waals surface area contributed by atoms with Gasteiger partial charge < -0.3 is 13.9 Å². The molecule has 0 radical (unpaired) electrons. The van der Waals surface area contributed by atoms with Crippen molar-refractivity contribution in [1.82, 2.24) is 4.98 Å². The van der Waals surface area contributed by atoms with Crippen LogP contribution in [0, 0.1) is 0 Å². The summed E-state index contributed by atoms with van der Waals surface area (Å²) in [5.41, 5.74) is 4.72. The third-order valence-corrected chi connectivity index (χ3v) is 4.93. The SMILES string of the molecule is COc1cccc(C=NNc2nc(-c3cc4cc(OC)ccc4oc3=O)cs2)c1. The highest BCUT2D eigenvalue weighted by molar-refractivity contribution is 7.14. The van der Waals surface area contributed by atoms with Crippen molar-refractivity contribution in [3.8, 4) is 22.8 Å². The highest BCUT2D eigenvalue weighted by Gasteiger charge is 2.12. The first-order valence-corrected chi connectivity index (χ1v) is 9.55. The molecule has 8 heteroatoms. The van der Waals surface area contributed by atoms with Gasteiger partial charge in [0.15, 0.2) is 0 Å². The molecule has 2 heterocycles. The first-order chi connectivity index (χ1) is 14.2. The van der Waals surface area contributed by atoms with Crippen molar-refractivity contribution in [1.29, 1.82) is 0 Å². The van der Waals surface area contributed by atoms with Crippen LogP contribution in [-0.4, -0.2) is 25.4 Å². The largest absolute Gasteiger partial charge is 0.497 e. The second-order valence-corrected chi connectivity index (χ2v) is 6.89. The Labute approximate surface area is 170 Å². The van der Waals surface area contributed by atoms with Gasteiger partial charge in [-0.05, 0) is 42.0 Å². The van der Waals surface area contributed by atoms with E-state index in [1.54, 1.807) is 44.0 Å². The zero-order valence-corrected chi connectivity index (χ0v) is 16.5. The van der Waals surface area contributed by atoms with E-state index in [4.69, 9.17) is 13.9 Å². The lowest BCUT2D eigenvalue weighted by atomic mass is 10.1. The van der Waals surface area contributed by atoms with Crippen molar-refractivity contribution < 1.29 is 13.9 Å². The molecular weight excluding hydrogens is 390 g/mol. The summed E-state index contributed by atoms with van der Waals surface area (Å²) >= 11 is 1.34. The summed E-state index contributed by atoms with van der Waals surface area (Å²) in [4.78, 5) is 16.8. The number of methoxy groups -OCH3 is 2. The maximum atomic E-state index is 12.4. The van der Waals surface area contributed by atoms with E-state index in [0.29, 0.717) is 27.7 Å². The highest BCUT2D eigenvalue weighted by Crippen LogP contribution is 2.27. The van der Waals surface area contributed by atoms with Crippen molar-refractivity contribution in [3.63, 3.8) is 0 Å². The lowest BCUT2D eigenvalue weighted by Crippen LogP contribution is -2.03. The van der Waals surface area contributed by atoms with Crippen LogP contribution >= 0.6 is 11.3 Å². The number of rotatable bonds is 6. The molecule has 2 aromatic carbocycles. The van der Waals surface area contributed by atoms with E-state index in [9.17, 15) is 4.79 Å². The molecule has 2 aromatic heterocycles. The van der Waals surface area contributed by atoms with Gasteiger partial charge in [-0.25, -0.2) is 9.78 Å². The molecule has 7 nitrogen and oxygen atoms in total. The Morgan fingerprint density at radius 2 is 1.93 bits per heavy atom. The van der Waals surface area contributed by atoms with Gasteiger partial charge in [-0.1, -0.05) is 12.1 Å². The number of anilines is 1. The molecule has 0 aliphatic heterocycles. The molecule has 4 aromatic rings. The first-order valence-electron chi connectivity index (χ1n) is 8.67. The van der Waals surface area contributed by atoms with Crippen LogP contribution in [0.1, 0.15) is 5.56 Å². The lowest BCUT2D eigenvalue weighted by Gasteiger charge is -2.03. The maximum absolute atomic E-state index is 12.4. The molecule has 0 atom stereocenters. The zero-order valence-electron chi connectivity index (χ0n) is 15.7. The standard InChI is InChI=1S/C21H17N3O4S/c1-26-15-5-3-4-13(8-15)11-22-24-21-23-18(12-29-21)17-10-14-9-16(27-2)6-7-19(14)28-20(17)25/h3-12H,1-2H3,(H,23,24). The lowest BCUT2D eigenvalue weighted by molar-refractivity contribution is 0.414. The van der Waals surface area contributed by atoms with E-state index in [1.165, 1.54) is 11.3 Å². The molecule has 29 heavy (non-hydrogen) atoms. The first kappa shape index (κ1) is 18.7. The Bertz CT molecular complexity index is 1250. The second-order valence-electron chi connectivity index (χ2n) is 6.04. The number of thiazole rings is 1. The molecule has 1 N–H and O–H groups in total. The molecule has 0 bridgehead atoms. The monoisotopic (exact) mass is 407 g/mol. The van der Waals surface area contributed by atoms with Crippen LogP contribution in [0.5, 0.6) is 11.5 Å². The molecule has 0 saturated carbocycles. The van der Waals surface area contributed by atoms with Gasteiger partial charge in [0.1, 0.15) is 17.1 Å². The average molecular weight is 407 g/mol. The predicted molar refractivity (Wildman–Crippen MR) is 114 cm³/mol. The summed E-state index contributed by atoms with van der Waals surface area (Å²) in [5, 5.41) is 7.29. The number of ether oxygens (including phenoxy) is 2. The summed E-state index contributed by atoms with van der Waals surface area (Å²) in [6.45, 7) is 0. The molecule has 0 unspecified atom stereocenters. The summed E-state index contributed by atoms with van der Waals surface area (Å²) < 4.78 is 15.8. The minimum Gasteiger partial charge on any atom is -0.497 e. The van der Waals surface area contributed by atoms with E-state index in [-0.39, 0.29) is 0 Å². The topological polar surface area (TPSA) is 85.9 Å². The molecular formula is C21H17N3O4S. The van der Waals surface area contributed by atoms with Crippen molar-refractivity contribution in [2.75, 3.05) is 19.6 Å². The highest BCUT2D eigenvalue weighted by atomic mass is 32.1. The van der Waals surface area contributed by atoms with Gasteiger partial charge in [-0.2, -0.15) is 5.10 Å². The molecule has 4 rings (SSSR count). The van der Waals surface area contributed by atoms with Gasteiger partial charge in [-0.3, -0.25) is 5.43 Å². The normalized spacial score (nSPS) is 11.1. The number of benzene rings is 2. The number of hydrogen-bond donors (Lipinski definition) is 1. The average Bonchev–Trinajstić information content (AvgIpc) is 3.21. The van der Waals surface area contributed by atoms with Gasteiger partial charge in [0.25, 0.3) is 0 Å². The fraction of sp³-hybridized carbons (Fsp3) is 0.0952. The zero-order chi connectivity index (χ0) is 20.2. The van der Waals surface area contributed by atoms with E-state index < -0.39 is 5.63 Å². The quantitative estimate of drug-likeness (QED) is 0.290. The smallest absolute Gasteiger partial charge is 0.345 e. The summed E-state index contributed by atoms with van der Waals surface area (Å²) in [5.74, 6) is 1.44. The Morgan fingerprint density at radius 1 is 1.10 bits per heavy atom. The molecule has 146 valence electrons. The second kappa shape index (κ2) is 8.15. The van der Waals surface area contributed by atoms with Crippen LogP contribution in [-0.2, 0) is 0 Å².